The van der Waals surface area contributed by atoms with Crippen molar-refractivity contribution in [3.8, 4) is 0 Å². The van der Waals surface area contributed by atoms with Gasteiger partial charge in [-0.3, -0.25) is 19.2 Å². The molecule has 1 saturated carbocycles. The molecule has 45 heavy (non-hydrogen) atoms. The number of rotatable bonds is 12. The van der Waals surface area contributed by atoms with E-state index in [1.165, 1.54) is 0 Å². The number of carbonyl (C=O) groups is 4. The molecule has 1 aliphatic heterocycles. The monoisotopic (exact) mass is 610 g/mol. The summed E-state index contributed by atoms with van der Waals surface area (Å²) in [5.74, 6) is -0.977. The molecule has 2 fully saturated rings. The Kier molecular flexibility index (Phi) is 8.64. The molecule has 3 aromatic rings. The number of epoxide rings is 1. The maximum Gasteiger partial charge on any atom is 0.248 e. The minimum Gasteiger partial charge on any atom is -0.361 e. The van der Waals surface area contributed by atoms with Crippen LogP contribution in [0.1, 0.15) is 69.6 Å². The van der Waals surface area contributed by atoms with Crippen molar-refractivity contribution >= 4 is 40.0 Å². The average molecular weight is 611 g/mol. The van der Waals surface area contributed by atoms with Gasteiger partial charge in [-0.1, -0.05) is 68.1 Å². The smallest absolute Gasteiger partial charge is 0.248 e. The molecule has 3 amide bonds. The first-order chi connectivity index (χ1) is 21.6. The van der Waals surface area contributed by atoms with E-state index in [9.17, 15) is 19.2 Å². The van der Waals surface area contributed by atoms with Gasteiger partial charge in [-0.15, -0.1) is 0 Å². The number of benzene rings is 2. The Morgan fingerprint density at radius 2 is 1.64 bits per heavy atom. The van der Waals surface area contributed by atoms with Crippen LogP contribution in [-0.4, -0.2) is 58.8 Å². The molecule has 9 heteroatoms. The van der Waals surface area contributed by atoms with Crippen molar-refractivity contribution in [1.82, 2.24) is 20.9 Å². The molecule has 0 spiro atoms. The molecule has 2 aliphatic carbocycles. The lowest BCUT2D eigenvalue weighted by Gasteiger charge is -2.26. The van der Waals surface area contributed by atoms with E-state index in [1.54, 1.807) is 13.8 Å². The van der Waals surface area contributed by atoms with E-state index in [0.717, 1.165) is 58.8 Å². The van der Waals surface area contributed by atoms with Gasteiger partial charge in [-0.05, 0) is 61.4 Å². The number of H-pyrrole nitrogens is 1. The topological polar surface area (TPSA) is 133 Å². The minimum atomic E-state index is -0.973. The Morgan fingerprint density at radius 3 is 2.38 bits per heavy atom. The van der Waals surface area contributed by atoms with Crippen LogP contribution < -0.4 is 16.0 Å². The zero-order valence-electron chi connectivity index (χ0n) is 26.2. The van der Waals surface area contributed by atoms with Gasteiger partial charge in [0.15, 0.2) is 5.78 Å². The minimum absolute atomic E-state index is 0.123. The maximum absolute atomic E-state index is 14.0. The normalized spacial score (nSPS) is 21.2. The first kappa shape index (κ1) is 30.8. The molecule has 1 saturated heterocycles. The third-order valence-corrected chi connectivity index (χ3v) is 9.76. The summed E-state index contributed by atoms with van der Waals surface area (Å²) in [6.07, 6.45) is 7.43. The molecule has 6 rings (SSSR count). The van der Waals surface area contributed by atoms with Crippen molar-refractivity contribution in [2.75, 3.05) is 6.61 Å². The lowest BCUT2D eigenvalue weighted by atomic mass is 9.90. The van der Waals surface area contributed by atoms with Crippen LogP contribution in [0.4, 0.5) is 0 Å². The van der Waals surface area contributed by atoms with Gasteiger partial charge >= 0.3 is 0 Å². The summed E-state index contributed by atoms with van der Waals surface area (Å²) in [6.45, 7) is 5.64. The largest absolute Gasteiger partial charge is 0.361 e. The highest BCUT2D eigenvalue weighted by molar-refractivity contribution is 6.05. The molecule has 4 N–H and O–H groups in total. The third-order valence-electron chi connectivity index (χ3n) is 9.76. The third kappa shape index (κ3) is 6.59. The number of Topliss-reactive ketones (excluding diaryl/α,β-unsaturated/α-hetero) is 1. The molecular formula is C36H42N4O5. The van der Waals surface area contributed by atoms with Crippen LogP contribution in [0.2, 0.25) is 0 Å². The van der Waals surface area contributed by atoms with Gasteiger partial charge in [0, 0.05) is 35.5 Å². The molecule has 1 aromatic heterocycles. The second kappa shape index (κ2) is 12.6. The van der Waals surface area contributed by atoms with E-state index in [1.807, 2.05) is 61.7 Å². The van der Waals surface area contributed by atoms with Gasteiger partial charge in [-0.25, -0.2) is 0 Å². The molecule has 4 atom stereocenters. The van der Waals surface area contributed by atoms with Crippen LogP contribution in [0.5, 0.6) is 0 Å². The number of hydrogen-bond acceptors (Lipinski definition) is 5. The number of aromatic amines is 1. The summed E-state index contributed by atoms with van der Waals surface area (Å²) in [6, 6.07) is 13.1. The number of nitrogens with one attached hydrogen (secondary N) is 4. The average Bonchev–Trinajstić information content (AvgIpc) is 3.35. The van der Waals surface area contributed by atoms with E-state index < -0.39 is 35.5 Å². The highest BCUT2D eigenvalue weighted by atomic mass is 16.6. The van der Waals surface area contributed by atoms with Gasteiger partial charge in [-0.2, -0.15) is 0 Å². The van der Waals surface area contributed by atoms with Gasteiger partial charge in [0.05, 0.1) is 12.6 Å². The van der Waals surface area contributed by atoms with E-state index in [4.69, 9.17) is 4.74 Å². The molecular weight excluding hydrogens is 568 g/mol. The lowest BCUT2D eigenvalue weighted by Crippen LogP contribution is -2.57. The number of allylic oxidation sites excluding steroid dienone is 1. The van der Waals surface area contributed by atoms with Crippen molar-refractivity contribution in [3.05, 3.63) is 77.0 Å². The Bertz CT molecular complexity index is 1660. The fourth-order valence-corrected chi connectivity index (χ4v) is 6.85. The Labute approximate surface area is 263 Å². The van der Waals surface area contributed by atoms with Gasteiger partial charge in [0.2, 0.25) is 17.7 Å². The van der Waals surface area contributed by atoms with Crippen molar-refractivity contribution in [1.29, 1.82) is 0 Å². The number of fused-ring (bicyclic) bond motifs is 2. The summed E-state index contributed by atoms with van der Waals surface area (Å²) in [5.41, 5.74) is 4.57. The first-order valence-electron chi connectivity index (χ1n) is 16.1. The SMILES string of the molecule is CC1=C(C(=O)N[C@H](C)C(=O)N[C@@H](Cc2c[nH]c3ccccc23)C(=O)N[C@@H](CC2CCCC2)C(=O)[C@@]2(C)CO2)Cc2ccccc21. The van der Waals surface area contributed by atoms with E-state index in [2.05, 4.69) is 20.9 Å². The van der Waals surface area contributed by atoms with Crippen molar-refractivity contribution in [2.24, 2.45) is 5.92 Å². The van der Waals surface area contributed by atoms with Crippen LogP contribution >= 0.6 is 0 Å². The summed E-state index contributed by atoms with van der Waals surface area (Å²) >= 11 is 0. The molecule has 9 nitrogen and oxygen atoms in total. The van der Waals surface area contributed by atoms with E-state index in [-0.39, 0.29) is 18.1 Å². The van der Waals surface area contributed by atoms with Crippen LogP contribution in [-0.2, 0) is 36.8 Å². The van der Waals surface area contributed by atoms with Gasteiger partial charge in [0.25, 0.3) is 0 Å². The number of carbonyl (C=O) groups excluding carboxylic acids is 4. The number of para-hydroxylation sites is 1. The van der Waals surface area contributed by atoms with E-state index >= 15 is 0 Å². The predicted molar refractivity (Wildman–Crippen MR) is 172 cm³/mol. The first-order valence-corrected chi connectivity index (χ1v) is 16.1. The number of ketones is 1. The quantitative estimate of drug-likeness (QED) is 0.229. The molecule has 2 heterocycles. The fourth-order valence-electron chi connectivity index (χ4n) is 6.85. The fraction of sp³-hybridized carbons (Fsp3) is 0.444. The second-order valence-electron chi connectivity index (χ2n) is 13.1. The number of ether oxygens (including phenoxy) is 1. The predicted octanol–water partition coefficient (Wildman–Crippen LogP) is 4.15. The Balaban J connectivity index is 1.19. The summed E-state index contributed by atoms with van der Waals surface area (Å²) in [7, 11) is 0. The highest BCUT2D eigenvalue weighted by Gasteiger charge is 2.50. The van der Waals surface area contributed by atoms with E-state index in [0.29, 0.717) is 30.9 Å². The van der Waals surface area contributed by atoms with Crippen LogP contribution in [0.25, 0.3) is 16.5 Å². The summed E-state index contributed by atoms with van der Waals surface area (Å²) < 4.78 is 5.46. The summed E-state index contributed by atoms with van der Waals surface area (Å²) in [4.78, 5) is 57.5. The van der Waals surface area contributed by atoms with Crippen LogP contribution in [0.3, 0.4) is 0 Å². The maximum atomic E-state index is 14.0. The number of aromatic nitrogens is 1. The molecule has 0 bridgehead atoms. The molecule has 2 aromatic carbocycles. The second-order valence-corrected chi connectivity index (χ2v) is 13.1. The molecule has 3 aliphatic rings. The van der Waals surface area contributed by atoms with Crippen LogP contribution in [0.15, 0.2) is 60.3 Å². The number of hydrogen-bond donors (Lipinski definition) is 4. The zero-order chi connectivity index (χ0) is 31.7. The zero-order valence-corrected chi connectivity index (χ0v) is 26.2. The lowest BCUT2D eigenvalue weighted by molar-refractivity contribution is -0.134. The summed E-state index contributed by atoms with van der Waals surface area (Å²) in [5, 5.41) is 9.69. The molecule has 0 radical (unpaired) electrons. The number of amides is 3. The van der Waals surface area contributed by atoms with Crippen molar-refractivity contribution in [2.45, 2.75) is 89.4 Å². The van der Waals surface area contributed by atoms with Gasteiger partial charge < -0.3 is 25.7 Å². The molecule has 0 unspecified atom stereocenters. The van der Waals surface area contributed by atoms with Crippen LogP contribution in [0, 0.1) is 5.92 Å². The molecule has 236 valence electrons. The van der Waals surface area contributed by atoms with Crippen molar-refractivity contribution < 1.29 is 23.9 Å². The van der Waals surface area contributed by atoms with Gasteiger partial charge in [0.1, 0.15) is 17.7 Å². The standard InChI is InChI=1S/C36H42N4O5/c1-21-26-13-7-6-12-24(26)17-28(21)34(43)38-22(2)33(42)40-31(18-25-19-37-29-15-9-8-14-27(25)29)35(44)39-30(16-23-10-4-5-11-23)32(41)36(3)20-45-36/h6-9,12-15,19,22-23,30-31,37H,4-5,10-11,16-18,20H2,1-3H3,(H,38,43)(H,39,44)(H,40,42)/t22-,30+,31+,36-/m1/s1. The van der Waals surface area contributed by atoms with Crippen molar-refractivity contribution in [3.63, 3.8) is 0 Å². The Morgan fingerprint density at radius 1 is 0.956 bits per heavy atom. The Hall–Kier alpha value is -4.24. The highest BCUT2D eigenvalue weighted by Crippen LogP contribution is 2.34.